The third kappa shape index (κ3) is 1.12. The standard InChI is InChI=1S/C24H14/c1-2-14-5-6-16-9-11-18-12-10-17-8-7-15-4-3-13(1)19-20(14)22(16)24(18)23(17)21(15)19/h1-11,22H,12H2. The molecule has 1 unspecified atom stereocenters. The smallest absolute Gasteiger partial charge is 0.0361 e. The zero-order chi connectivity index (χ0) is 15.4. The number of benzene rings is 3. The number of hydrogen-bond acceptors (Lipinski definition) is 0. The van der Waals surface area contributed by atoms with Crippen molar-refractivity contribution in [1.82, 2.24) is 0 Å². The highest BCUT2D eigenvalue weighted by atomic mass is 14.4. The van der Waals surface area contributed by atoms with Crippen LogP contribution in [0.2, 0.25) is 0 Å². The van der Waals surface area contributed by atoms with Crippen molar-refractivity contribution in [2.24, 2.45) is 0 Å². The molecule has 7 rings (SSSR count). The van der Waals surface area contributed by atoms with Gasteiger partial charge < -0.3 is 0 Å². The van der Waals surface area contributed by atoms with Crippen LogP contribution in [-0.2, 0) is 0 Å². The van der Waals surface area contributed by atoms with E-state index in [1.807, 2.05) is 0 Å². The molecule has 110 valence electrons. The average molecular weight is 302 g/mol. The van der Waals surface area contributed by atoms with E-state index in [-0.39, 0.29) is 0 Å². The first kappa shape index (κ1) is 11.6. The molecule has 4 aliphatic rings. The van der Waals surface area contributed by atoms with E-state index in [9.17, 15) is 0 Å². The number of rotatable bonds is 0. The molecule has 4 aliphatic carbocycles. The molecule has 0 aromatic heterocycles. The van der Waals surface area contributed by atoms with E-state index in [0.717, 1.165) is 6.42 Å². The summed E-state index contributed by atoms with van der Waals surface area (Å²) in [5.41, 5.74) is 7.48. The second-order valence-corrected chi connectivity index (χ2v) is 7.31. The zero-order valence-corrected chi connectivity index (χ0v) is 13.1. The first-order valence-corrected chi connectivity index (χ1v) is 8.72. The Kier molecular flexibility index (Phi) is 1.76. The molecule has 0 N–H and O–H groups in total. The molecule has 0 spiro atoms. The van der Waals surface area contributed by atoms with Gasteiger partial charge in [-0.05, 0) is 66.2 Å². The van der Waals surface area contributed by atoms with Crippen molar-refractivity contribution in [3.8, 4) is 0 Å². The first-order chi connectivity index (χ1) is 11.9. The summed E-state index contributed by atoms with van der Waals surface area (Å²) in [5, 5.41) is 8.65. The molecule has 0 saturated heterocycles. The van der Waals surface area contributed by atoms with Gasteiger partial charge in [0.15, 0.2) is 0 Å². The van der Waals surface area contributed by atoms with E-state index < -0.39 is 0 Å². The molecule has 1 atom stereocenters. The van der Waals surface area contributed by atoms with Gasteiger partial charge in [-0.1, -0.05) is 66.8 Å². The second-order valence-electron chi connectivity index (χ2n) is 7.31. The Morgan fingerprint density at radius 3 is 2.58 bits per heavy atom. The monoisotopic (exact) mass is 302 g/mol. The summed E-state index contributed by atoms with van der Waals surface area (Å²) >= 11 is 0. The van der Waals surface area contributed by atoms with Gasteiger partial charge in [-0.2, -0.15) is 0 Å². The summed E-state index contributed by atoms with van der Waals surface area (Å²) in [6.07, 6.45) is 12.8. The van der Waals surface area contributed by atoms with Crippen molar-refractivity contribution >= 4 is 39.3 Å². The minimum Gasteiger partial charge on any atom is -0.0722 e. The maximum absolute atomic E-state index is 2.41. The minimum atomic E-state index is 0.432. The lowest BCUT2D eigenvalue weighted by atomic mass is 9.67. The molecule has 0 heterocycles. The molecule has 24 heavy (non-hydrogen) atoms. The normalized spacial score (nSPS) is 21.3. The Balaban J connectivity index is 1.96. The maximum Gasteiger partial charge on any atom is 0.0361 e. The fourth-order valence-electron chi connectivity index (χ4n) is 5.30. The van der Waals surface area contributed by atoms with Gasteiger partial charge in [0, 0.05) is 5.92 Å². The summed E-state index contributed by atoms with van der Waals surface area (Å²) in [6.45, 7) is 0. The van der Waals surface area contributed by atoms with Crippen molar-refractivity contribution in [2.45, 2.75) is 12.3 Å². The average Bonchev–Trinajstić information content (AvgIpc) is 2.65. The van der Waals surface area contributed by atoms with E-state index in [0.29, 0.717) is 5.92 Å². The van der Waals surface area contributed by atoms with E-state index in [1.54, 1.807) is 11.1 Å². The third-order valence-corrected chi connectivity index (χ3v) is 6.27. The topological polar surface area (TPSA) is 0 Å². The van der Waals surface area contributed by atoms with Crippen LogP contribution < -0.4 is 10.4 Å². The van der Waals surface area contributed by atoms with Crippen molar-refractivity contribution in [3.63, 3.8) is 0 Å². The van der Waals surface area contributed by atoms with E-state index >= 15 is 0 Å². The van der Waals surface area contributed by atoms with Gasteiger partial charge in [0.25, 0.3) is 0 Å². The van der Waals surface area contributed by atoms with Crippen LogP contribution in [0, 0.1) is 0 Å². The molecule has 0 nitrogen and oxygen atoms in total. The van der Waals surface area contributed by atoms with Crippen molar-refractivity contribution in [2.75, 3.05) is 0 Å². The van der Waals surface area contributed by atoms with Crippen LogP contribution in [-0.4, -0.2) is 0 Å². The highest BCUT2D eigenvalue weighted by Gasteiger charge is 2.35. The highest BCUT2D eigenvalue weighted by molar-refractivity contribution is 6.15. The Bertz CT molecular complexity index is 1360. The van der Waals surface area contributed by atoms with Gasteiger partial charge in [-0.3, -0.25) is 0 Å². The Hall–Kier alpha value is -2.86. The molecule has 0 saturated carbocycles. The molecule has 3 aromatic rings. The summed E-state index contributed by atoms with van der Waals surface area (Å²) < 4.78 is 0. The van der Waals surface area contributed by atoms with E-state index in [2.05, 4.69) is 66.8 Å². The van der Waals surface area contributed by atoms with Crippen LogP contribution in [0.25, 0.3) is 39.3 Å². The maximum atomic E-state index is 2.41. The summed E-state index contributed by atoms with van der Waals surface area (Å²) in [6, 6.07) is 13.8. The van der Waals surface area contributed by atoms with Crippen LogP contribution >= 0.6 is 0 Å². The molecular formula is C24H14. The summed E-state index contributed by atoms with van der Waals surface area (Å²) in [5.74, 6) is 0.432. The first-order valence-electron chi connectivity index (χ1n) is 8.72. The Morgan fingerprint density at radius 2 is 1.62 bits per heavy atom. The number of allylic oxidation sites excluding steroid dienone is 5. The lowest BCUT2D eigenvalue weighted by molar-refractivity contribution is 0.995. The molecule has 3 aromatic carbocycles. The summed E-state index contributed by atoms with van der Waals surface area (Å²) in [7, 11) is 0. The van der Waals surface area contributed by atoms with Gasteiger partial charge in [0.1, 0.15) is 0 Å². The highest BCUT2D eigenvalue weighted by Crippen LogP contribution is 2.50. The van der Waals surface area contributed by atoms with Crippen LogP contribution in [0.3, 0.4) is 0 Å². The van der Waals surface area contributed by atoms with Crippen LogP contribution in [0.5, 0.6) is 0 Å². The predicted molar refractivity (Wildman–Crippen MR) is 101 cm³/mol. The van der Waals surface area contributed by atoms with Gasteiger partial charge in [0.05, 0.1) is 0 Å². The van der Waals surface area contributed by atoms with Crippen molar-refractivity contribution in [1.29, 1.82) is 0 Å². The lowest BCUT2D eigenvalue weighted by Crippen LogP contribution is -2.36. The minimum absolute atomic E-state index is 0.432. The fourth-order valence-corrected chi connectivity index (χ4v) is 5.30. The molecule has 0 heteroatoms. The fraction of sp³-hybridized carbons (Fsp3) is 0.0833. The van der Waals surface area contributed by atoms with Gasteiger partial charge >= 0.3 is 0 Å². The lowest BCUT2D eigenvalue weighted by Gasteiger charge is -2.36. The van der Waals surface area contributed by atoms with E-state index in [4.69, 9.17) is 0 Å². The second kappa shape index (κ2) is 3.62. The predicted octanol–water partition coefficient (Wildman–Crippen LogP) is 4.32. The van der Waals surface area contributed by atoms with Crippen molar-refractivity contribution < 1.29 is 0 Å². The zero-order valence-electron chi connectivity index (χ0n) is 13.1. The molecule has 0 aliphatic heterocycles. The molecular weight excluding hydrogens is 288 g/mol. The molecule has 0 radical (unpaired) electrons. The quantitative estimate of drug-likeness (QED) is 0.543. The van der Waals surface area contributed by atoms with Gasteiger partial charge in [-0.15, -0.1) is 0 Å². The molecule has 0 bridgehead atoms. The molecule has 0 fully saturated rings. The van der Waals surface area contributed by atoms with Crippen molar-refractivity contribution in [3.05, 3.63) is 87.3 Å². The SMILES string of the molecule is C1=Cc2ccc3ccc4ccc5c6c4c3c2C2C1=CC=C(CC=5)C=62. The Morgan fingerprint density at radius 1 is 0.792 bits per heavy atom. The largest absolute Gasteiger partial charge is 0.0722 e. The Labute approximate surface area is 139 Å². The number of hydrogen-bond donors (Lipinski definition) is 0. The van der Waals surface area contributed by atoms with Gasteiger partial charge in [0.2, 0.25) is 0 Å². The van der Waals surface area contributed by atoms with Crippen LogP contribution in [0.1, 0.15) is 23.5 Å². The third-order valence-electron chi connectivity index (χ3n) is 6.27. The van der Waals surface area contributed by atoms with Gasteiger partial charge in [-0.25, -0.2) is 0 Å². The van der Waals surface area contributed by atoms with E-state index in [1.165, 1.54) is 48.7 Å². The van der Waals surface area contributed by atoms with Crippen LogP contribution in [0.4, 0.5) is 0 Å². The molecule has 0 amide bonds. The summed E-state index contributed by atoms with van der Waals surface area (Å²) in [4.78, 5) is 0. The van der Waals surface area contributed by atoms with Crippen LogP contribution in [0.15, 0.2) is 65.8 Å².